The fourth-order valence-corrected chi connectivity index (χ4v) is 3.85. The smallest absolute Gasteiger partial charge is 0.193 e. The molecule has 25 heavy (non-hydrogen) atoms. The van der Waals surface area contributed by atoms with E-state index in [0.29, 0.717) is 21.9 Å². The molecule has 0 saturated heterocycles. The second-order valence-electron chi connectivity index (χ2n) is 5.91. The molecule has 5 heteroatoms. The number of hydrogen-bond donors (Lipinski definition) is 1. The second kappa shape index (κ2) is 5.16. The van der Waals surface area contributed by atoms with E-state index in [-0.39, 0.29) is 5.43 Å². The van der Waals surface area contributed by atoms with E-state index in [4.69, 9.17) is 10.2 Å². The molecular formula is C20H12N2O2S. The summed E-state index contributed by atoms with van der Waals surface area (Å²) in [6, 6.07) is 19.0. The first kappa shape index (κ1) is 14.2. The third-order valence-electron chi connectivity index (χ3n) is 4.28. The molecule has 0 aliphatic carbocycles. The Balaban J connectivity index is 1.77. The first-order valence-corrected chi connectivity index (χ1v) is 8.62. The minimum absolute atomic E-state index is 0.0501. The number of fused-ring (bicyclic) bond motifs is 3. The highest BCUT2D eigenvalue weighted by Gasteiger charge is 2.10. The molecule has 0 spiro atoms. The molecule has 2 N–H and O–H groups in total. The van der Waals surface area contributed by atoms with Crippen LogP contribution in [0.4, 0.5) is 5.13 Å². The van der Waals surface area contributed by atoms with Crippen LogP contribution in [0.3, 0.4) is 0 Å². The average molecular weight is 344 g/mol. The summed E-state index contributed by atoms with van der Waals surface area (Å²) < 4.78 is 7.01. The third-order valence-corrected chi connectivity index (χ3v) is 5.13. The van der Waals surface area contributed by atoms with Gasteiger partial charge in [0.05, 0.1) is 15.6 Å². The molecule has 3 aromatic carbocycles. The molecule has 0 saturated carbocycles. The minimum atomic E-state index is -0.0501. The molecule has 2 aromatic heterocycles. The summed E-state index contributed by atoms with van der Waals surface area (Å²) in [6.45, 7) is 0. The van der Waals surface area contributed by atoms with E-state index in [1.54, 1.807) is 6.07 Å². The van der Waals surface area contributed by atoms with Crippen molar-refractivity contribution in [1.29, 1.82) is 0 Å². The second-order valence-corrected chi connectivity index (χ2v) is 6.97. The van der Waals surface area contributed by atoms with Gasteiger partial charge in [-0.15, -0.1) is 0 Å². The molecule has 5 rings (SSSR count). The summed E-state index contributed by atoms with van der Waals surface area (Å²) in [5.74, 6) is 0.543. The Bertz CT molecular complexity index is 1330. The Morgan fingerprint density at radius 2 is 1.76 bits per heavy atom. The van der Waals surface area contributed by atoms with Crippen LogP contribution in [0, 0.1) is 0 Å². The van der Waals surface area contributed by atoms with Gasteiger partial charge >= 0.3 is 0 Å². The van der Waals surface area contributed by atoms with Crippen molar-refractivity contribution < 1.29 is 4.42 Å². The molecule has 0 aliphatic heterocycles. The van der Waals surface area contributed by atoms with Crippen LogP contribution in [0.2, 0.25) is 0 Å². The van der Waals surface area contributed by atoms with Crippen LogP contribution in [0.15, 0.2) is 69.9 Å². The molecular weight excluding hydrogens is 332 g/mol. The quantitative estimate of drug-likeness (QED) is 0.443. The van der Waals surface area contributed by atoms with Crippen LogP contribution in [-0.4, -0.2) is 4.98 Å². The van der Waals surface area contributed by atoms with Crippen molar-refractivity contribution in [2.24, 2.45) is 0 Å². The fraction of sp³-hybridized carbons (Fsp3) is 0. The van der Waals surface area contributed by atoms with Gasteiger partial charge in [0.1, 0.15) is 11.3 Å². The van der Waals surface area contributed by atoms with Crippen molar-refractivity contribution in [2.45, 2.75) is 0 Å². The van der Waals surface area contributed by atoms with Crippen LogP contribution in [0.25, 0.3) is 43.3 Å². The molecule has 0 amide bonds. The van der Waals surface area contributed by atoms with Crippen molar-refractivity contribution in [3.8, 4) is 11.3 Å². The van der Waals surface area contributed by atoms with Crippen molar-refractivity contribution in [3.63, 3.8) is 0 Å². The zero-order chi connectivity index (χ0) is 17.0. The fourth-order valence-electron chi connectivity index (χ4n) is 3.08. The van der Waals surface area contributed by atoms with Crippen LogP contribution in [-0.2, 0) is 0 Å². The molecule has 5 aromatic rings. The summed E-state index contributed by atoms with van der Waals surface area (Å²) in [5.41, 5.74) is 7.99. The zero-order valence-corrected chi connectivity index (χ0v) is 13.8. The van der Waals surface area contributed by atoms with Crippen molar-refractivity contribution in [3.05, 3.63) is 70.9 Å². The molecule has 0 atom stereocenters. The van der Waals surface area contributed by atoms with Gasteiger partial charge in [0, 0.05) is 11.6 Å². The maximum absolute atomic E-state index is 12.6. The number of hydrogen-bond acceptors (Lipinski definition) is 5. The monoisotopic (exact) mass is 344 g/mol. The van der Waals surface area contributed by atoms with Gasteiger partial charge in [0.15, 0.2) is 10.6 Å². The first-order valence-electron chi connectivity index (χ1n) is 7.80. The molecule has 120 valence electrons. The van der Waals surface area contributed by atoms with E-state index in [0.717, 1.165) is 26.6 Å². The summed E-state index contributed by atoms with van der Waals surface area (Å²) in [4.78, 5) is 16.8. The maximum atomic E-state index is 12.6. The van der Waals surface area contributed by atoms with Gasteiger partial charge < -0.3 is 10.2 Å². The Labute approximate surface area is 146 Å². The standard InChI is InChI=1S/C20H12N2O2S/c21-20-22-15-6-5-13(9-19(15)25-20)17-10-16(23)14-7-11-3-1-2-4-12(11)8-18(14)24-17/h1-10H,(H2,21,22). The van der Waals surface area contributed by atoms with E-state index in [1.165, 1.54) is 11.3 Å². The number of nitrogens with two attached hydrogens (primary N) is 1. The SMILES string of the molecule is Nc1nc2ccc(-c3cc(=O)c4cc5ccccc5cc4o3)cc2s1. The lowest BCUT2D eigenvalue weighted by Crippen LogP contribution is -2.00. The van der Waals surface area contributed by atoms with Crippen molar-refractivity contribution in [2.75, 3.05) is 5.73 Å². The molecule has 0 unspecified atom stereocenters. The molecule has 0 aliphatic rings. The third kappa shape index (κ3) is 2.28. The lowest BCUT2D eigenvalue weighted by Gasteiger charge is -2.05. The van der Waals surface area contributed by atoms with Gasteiger partial charge in [-0.3, -0.25) is 4.79 Å². The number of thiazole rings is 1. The number of anilines is 1. The zero-order valence-electron chi connectivity index (χ0n) is 13.0. The van der Waals surface area contributed by atoms with Gasteiger partial charge in [-0.2, -0.15) is 0 Å². The van der Waals surface area contributed by atoms with Crippen LogP contribution in [0.1, 0.15) is 0 Å². The Morgan fingerprint density at radius 1 is 0.960 bits per heavy atom. The lowest BCUT2D eigenvalue weighted by molar-refractivity contribution is 0.619. The molecule has 2 heterocycles. The van der Waals surface area contributed by atoms with Crippen LogP contribution < -0.4 is 11.2 Å². The lowest BCUT2D eigenvalue weighted by atomic mass is 10.1. The number of aromatic nitrogens is 1. The summed E-state index contributed by atoms with van der Waals surface area (Å²) in [6.07, 6.45) is 0. The first-order chi connectivity index (χ1) is 12.2. The number of nitrogens with zero attached hydrogens (tertiary/aromatic N) is 1. The number of benzene rings is 3. The number of rotatable bonds is 1. The Morgan fingerprint density at radius 3 is 2.60 bits per heavy atom. The molecule has 0 bridgehead atoms. The predicted molar refractivity (Wildman–Crippen MR) is 103 cm³/mol. The summed E-state index contributed by atoms with van der Waals surface area (Å²) in [5, 5.41) is 3.18. The summed E-state index contributed by atoms with van der Waals surface area (Å²) >= 11 is 1.42. The maximum Gasteiger partial charge on any atom is 0.193 e. The molecule has 0 radical (unpaired) electrons. The topological polar surface area (TPSA) is 69.1 Å². The molecule has 4 nitrogen and oxygen atoms in total. The highest BCUT2D eigenvalue weighted by atomic mass is 32.1. The van der Waals surface area contributed by atoms with E-state index in [1.807, 2.05) is 54.6 Å². The highest BCUT2D eigenvalue weighted by molar-refractivity contribution is 7.22. The van der Waals surface area contributed by atoms with Gasteiger partial charge in [-0.05, 0) is 41.1 Å². The number of nitrogen functional groups attached to an aromatic ring is 1. The largest absolute Gasteiger partial charge is 0.456 e. The minimum Gasteiger partial charge on any atom is -0.456 e. The van der Waals surface area contributed by atoms with E-state index in [9.17, 15) is 4.79 Å². The average Bonchev–Trinajstić information content (AvgIpc) is 2.99. The normalized spacial score (nSPS) is 11.5. The van der Waals surface area contributed by atoms with Gasteiger partial charge in [-0.25, -0.2) is 4.98 Å². The Hall–Kier alpha value is -3.18. The van der Waals surface area contributed by atoms with E-state index in [2.05, 4.69) is 4.98 Å². The van der Waals surface area contributed by atoms with Gasteiger partial charge in [0.2, 0.25) is 0 Å². The van der Waals surface area contributed by atoms with E-state index < -0.39 is 0 Å². The van der Waals surface area contributed by atoms with Crippen LogP contribution >= 0.6 is 11.3 Å². The Kier molecular flexibility index (Phi) is 2.93. The van der Waals surface area contributed by atoms with Crippen molar-refractivity contribution >= 4 is 48.4 Å². The van der Waals surface area contributed by atoms with Gasteiger partial charge in [0.25, 0.3) is 0 Å². The highest BCUT2D eigenvalue weighted by Crippen LogP contribution is 2.30. The van der Waals surface area contributed by atoms with Crippen LogP contribution in [0.5, 0.6) is 0 Å². The van der Waals surface area contributed by atoms with Crippen molar-refractivity contribution in [1.82, 2.24) is 4.98 Å². The predicted octanol–water partition coefficient (Wildman–Crippen LogP) is 4.81. The van der Waals surface area contributed by atoms with E-state index >= 15 is 0 Å². The van der Waals surface area contributed by atoms with Gasteiger partial charge in [-0.1, -0.05) is 35.6 Å². The summed E-state index contributed by atoms with van der Waals surface area (Å²) in [7, 11) is 0. The molecule has 0 fully saturated rings.